The highest BCUT2D eigenvalue weighted by Crippen LogP contribution is 2.60. The molecule has 1 aromatic rings. The van der Waals surface area contributed by atoms with E-state index in [0.717, 1.165) is 51.4 Å². The molecule has 7 nitrogen and oxygen atoms in total. The van der Waals surface area contributed by atoms with Crippen LogP contribution in [0.25, 0.3) is 0 Å². The van der Waals surface area contributed by atoms with Crippen LogP contribution in [-0.4, -0.2) is 31.8 Å². The van der Waals surface area contributed by atoms with E-state index in [9.17, 15) is 18.0 Å². The van der Waals surface area contributed by atoms with Crippen LogP contribution in [0.15, 0.2) is 29.2 Å². The molecule has 5 saturated carbocycles. The molecule has 2 amide bonds. The van der Waals surface area contributed by atoms with Gasteiger partial charge in [-0.25, -0.2) is 8.42 Å². The van der Waals surface area contributed by atoms with Gasteiger partial charge in [-0.05, 0) is 74.8 Å². The number of benzene rings is 1. The maximum absolute atomic E-state index is 13.8. The van der Waals surface area contributed by atoms with Crippen molar-refractivity contribution in [3.05, 3.63) is 29.3 Å². The summed E-state index contributed by atoms with van der Waals surface area (Å²) in [4.78, 5) is 26.0. The Kier molecular flexibility index (Phi) is 5.77. The van der Waals surface area contributed by atoms with E-state index in [-0.39, 0.29) is 39.6 Å². The Morgan fingerprint density at radius 1 is 1.00 bits per heavy atom. The van der Waals surface area contributed by atoms with Gasteiger partial charge in [0.2, 0.25) is 21.8 Å². The largest absolute Gasteiger partial charge is 0.369 e. The first-order valence-electron chi connectivity index (χ1n) is 12.0. The Morgan fingerprint density at radius 3 is 2.24 bits per heavy atom. The van der Waals surface area contributed by atoms with Crippen molar-refractivity contribution in [2.45, 2.75) is 80.7 Å². The molecule has 4 bridgehead atoms. The van der Waals surface area contributed by atoms with Crippen LogP contribution in [0.1, 0.15) is 64.2 Å². The van der Waals surface area contributed by atoms with Gasteiger partial charge in [-0.2, -0.15) is 4.72 Å². The number of nitrogens with one attached hydrogen (secondary N) is 2. The molecule has 6 rings (SSSR count). The van der Waals surface area contributed by atoms with E-state index in [0.29, 0.717) is 18.8 Å². The van der Waals surface area contributed by atoms with Crippen LogP contribution in [0.2, 0.25) is 5.02 Å². The fraction of sp³-hybridized carbons (Fsp3) is 0.667. The number of primary amides is 1. The smallest absolute Gasteiger partial charge is 0.243 e. The summed E-state index contributed by atoms with van der Waals surface area (Å²) in [7, 11) is -3.98. The van der Waals surface area contributed by atoms with E-state index in [2.05, 4.69) is 10.0 Å². The molecule has 5 aliphatic carbocycles. The average molecular weight is 494 g/mol. The van der Waals surface area contributed by atoms with Crippen molar-refractivity contribution in [2.24, 2.45) is 28.9 Å². The van der Waals surface area contributed by atoms with Crippen LogP contribution in [0.3, 0.4) is 0 Å². The second-order valence-corrected chi connectivity index (χ2v) is 12.9. The summed E-state index contributed by atoms with van der Waals surface area (Å²) < 4.78 is 29.3. The minimum absolute atomic E-state index is 0.0116. The molecular formula is C24H32ClN3O4S. The molecule has 0 spiro atoms. The van der Waals surface area contributed by atoms with Crippen LogP contribution in [0, 0.1) is 23.2 Å². The second kappa shape index (κ2) is 8.24. The van der Waals surface area contributed by atoms with Crippen LogP contribution >= 0.6 is 11.6 Å². The van der Waals surface area contributed by atoms with Crippen LogP contribution in [0.4, 0.5) is 0 Å². The van der Waals surface area contributed by atoms with E-state index in [1.807, 2.05) is 0 Å². The van der Waals surface area contributed by atoms with Crippen molar-refractivity contribution in [3.63, 3.8) is 0 Å². The van der Waals surface area contributed by atoms with Gasteiger partial charge >= 0.3 is 0 Å². The molecular weight excluding hydrogens is 462 g/mol. The van der Waals surface area contributed by atoms with Gasteiger partial charge in [-0.15, -0.1) is 0 Å². The number of hydrogen-bond acceptors (Lipinski definition) is 4. The molecule has 5 aliphatic rings. The molecule has 2 unspecified atom stereocenters. The van der Waals surface area contributed by atoms with Crippen molar-refractivity contribution in [3.8, 4) is 0 Å². The van der Waals surface area contributed by atoms with Gasteiger partial charge in [0, 0.05) is 11.5 Å². The predicted octanol–water partition coefficient (Wildman–Crippen LogP) is 3.12. The fourth-order valence-electron chi connectivity index (χ4n) is 7.36. The molecule has 0 saturated heterocycles. The molecule has 2 atom stereocenters. The summed E-state index contributed by atoms with van der Waals surface area (Å²) in [6, 6.07) is 6.25. The summed E-state index contributed by atoms with van der Waals surface area (Å²) in [5, 5.41) is 3.40. The molecule has 5 fully saturated rings. The summed E-state index contributed by atoms with van der Waals surface area (Å²) >= 11 is 6.17. The zero-order valence-corrected chi connectivity index (χ0v) is 20.3. The van der Waals surface area contributed by atoms with Crippen molar-refractivity contribution < 1.29 is 18.0 Å². The Bertz CT molecular complexity index is 1050. The molecule has 1 aromatic carbocycles. The zero-order valence-electron chi connectivity index (χ0n) is 18.7. The standard InChI is InChI=1S/C24H32ClN3O4S/c25-18-6-2-3-7-19(18)33(31,32)28-24(8-4-1-5-9-24)22(30)27-20-16-10-15-11-17(20)14-23(12-15,13-16)21(26)29/h2-3,6-7,15-17,20,28H,1,4-5,8-14H2,(H2,26,29)(H,27,30). The minimum atomic E-state index is -3.98. The van der Waals surface area contributed by atoms with Crippen molar-refractivity contribution in [2.75, 3.05) is 0 Å². The Labute approximate surface area is 200 Å². The fourth-order valence-corrected chi connectivity index (χ4v) is 9.30. The molecule has 0 aliphatic heterocycles. The Hall–Kier alpha value is -1.64. The molecule has 0 radical (unpaired) electrons. The SMILES string of the molecule is NC(=O)C12CC3CC(C1)C(NC(=O)C1(NS(=O)(=O)c4ccccc4Cl)CCCCC1)C(C3)C2. The number of carbonyl (C=O) groups is 2. The summed E-state index contributed by atoms with van der Waals surface area (Å²) in [5.74, 6) is 0.471. The van der Waals surface area contributed by atoms with Crippen molar-refractivity contribution >= 4 is 33.4 Å². The maximum atomic E-state index is 13.8. The zero-order chi connectivity index (χ0) is 23.4. The third kappa shape index (κ3) is 3.98. The van der Waals surface area contributed by atoms with Gasteiger partial charge in [0.15, 0.2) is 0 Å². The van der Waals surface area contributed by atoms with Crippen LogP contribution < -0.4 is 15.8 Å². The number of halogens is 1. The molecule has 4 N–H and O–H groups in total. The van der Waals surface area contributed by atoms with E-state index in [1.165, 1.54) is 12.1 Å². The number of sulfonamides is 1. The van der Waals surface area contributed by atoms with Crippen LogP contribution in [-0.2, 0) is 19.6 Å². The topological polar surface area (TPSA) is 118 Å². The van der Waals surface area contributed by atoms with Crippen molar-refractivity contribution in [1.29, 1.82) is 0 Å². The van der Waals surface area contributed by atoms with Crippen LogP contribution in [0.5, 0.6) is 0 Å². The van der Waals surface area contributed by atoms with Gasteiger partial charge in [-0.1, -0.05) is 43.0 Å². The third-order valence-corrected chi connectivity index (χ3v) is 10.7. The lowest BCUT2D eigenvalue weighted by Gasteiger charge is -2.59. The monoisotopic (exact) mass is 493 g/mol. The first kappa shape index (κ1) is 23.1. The lowest BCUT2D eigenvalue weighted by Crippen LogP contribution is -2.66. The predicted molar refractivity (Wildman–Crippen MR) is 125 cm³/mol. The maximum Gasteiger partial charge on any atom is 0.243 e. The third-order valence-electron chi connectivity index (χ3n) is 8.69. The number of carbonyl (C=O) groups excluding carboxylic acids is 2. The first-order chi connectivity index (χ1) is 15.6. The number of hydrogen-bond donors (Lipinski definition) is 3. The number of rotatable bonds is 6. The molecule has 9 heteroatoms. The van der Waals surface area contributed by atoms with E-state index >= 15 is 0 Å². The lowest BCUT2D eigenvalue weighted by molar-refractivity contribution is -0.148. The molecule has 33 heavy (non-hydrogen) atoms. The summed E-state index contributed by atoms with van der Waals surface area (Å²) in [6.45, 7) is 0. The molecule has 180 valence electrons. The van der Waals surface area contributed by atoms with Crippen molar-refractivity contribution in [1.82, 2.24) is 10.0 Å². The molecule has 0 heterocycles. The highest BCUT2D eigenvalue weighted by molar-refractivity contribution is 7.89. The average Bonchev–Trinajstić information content (AvgIpc) is 2.76. The van der Waals surface area contributed by atoms with Gasteiger partial charge in [0.1, 0.15) is 10.4 Å². The highest BCUT2D eigenvalue weighted by atomic mass is 35.5. The molecule has 0 aromatic heterocycles. The summed E-state index contributed by atoms with van der Waals surface area (Å²) in [6.07, 6.45) is 7.75. The second-order valence-electron chi connectivity index (χ2n) is 10.8. The van der Waals surface area contributed by atoms with Gasteiger partial charge < -0.3 is 11.1 Å². The highest BCUT2D eigenvalue weighted by Gasteiger charge is 2.58. The van der Waals surface area contributed by atoms with E-state index in [1.54, 1.807) is 12.1 Å². The number of amides is 2. The lowest BCUT2D eigenvalue weighted by atomic mass is 9.47. The first-order valence-corrected chi connectivity index (χ1v) is 13.9. The Morgan fingerprint density at radius 2 is 1.64 bits per heavy atom. The Balaban J connectivity index is 1.39. The van der Waals surface area contributed by atoms with Gasteiger partial charge in [0.25, 0.3) is 0 Å². The van der Waals surface area contributed by atoms with Gasteiger partial charge in [-0.3, -0.25) is 9.59 Å². The quantitative estimate of drug-likeness (QED) is 0.564. The summed E-state index contributed by atoms with van der Waals surface area (Å²) in [5.41, 5.74) is 4.19. The van der Waals surface area contributed by atoms with E-state index in [4.69, 9.17) is 17.3 Å². The van der Waals surface area contributed by atoms with Gasteiger partial charge in [0.05, 0.1) is 5.02 Å². The van der Waals surface area contributed by atoms with E-state index < -0.39 is 21.0 Å². The number of nitrogens with two attached hydrogens (primary N) is 1. The minimum Gasteiger partial charge on any atom is -0.369 e. The normalized spacial score (nSPS) is 34.7.